The first kappa shape index (κ1) is 13.0. The van der Waals surface area contributed by atoms with Crippen LogP contribution in [0.1, 0.15) is 15.9 Å². The number of ketones is 1. The molecular weight excluding hydrogens is 374 g/mol. The number of hydrogen-bond donors (Lipinski definition) is 0. The lowest BCUT2D eigenvalue weighted by Crippen LogP contribution is -2.02. The van der Waals surface area contributed by atoms with E-state index in [2.05, 4.69) is 22.6 Å². The highest BCUT2D eigenvalue weighted by Crippen LogP contribution is 2.22. The maximum absolute atomic E-state index is 12.8. The van der Waals surface area contributed by atoms with Crippen molar-refractivity contribution in [3.63, 3.8) is 0 Å². The van der Waals surface area contributed by atoms with Gasteiger partial charge in [-0.05, 0) is 46.4 Å². The molecule has 0 amide bonds. The zero-order valence-electron chi connectivity index (χ0n) is 8.54. The maximum Gasteiger partial charge on any atom is 0.168 e. The van der Waals surface area contributed by atoms with Crippen LogP contribution in [0.3, 0.4) is 0 Å². The summed E-state index contributed by atoms with van der Waals surface area (Å²) in [6, 6.07) is 5.92. The summed E-state index contributed by atoms with van der Waals surface area (Å²) in [6.07, 6.45) is 0.200. The Morgan fingerprint density at radius 2 is 2.18 bits per heavy atom. The summed E-state index contributed by atoms with van der Waals surface area (Å²) in [4.78, 5) is 11.9. The topological polar surface area (TPSA) is 17.1 Å². The number of Topliss-reactive ketones (excluding diaryl/α,β-unsaturated/α-hetero) is 1. The number of benzene rings is 1. The highest BCUT2D eigenvalue weighted by molar-refractivity contribution is 14.1. The van der Waals surface area contributed by atoms with Crippen LogP contribution in [0, 0.1) is 8.70 Å². The molecule has 1 aromatic heterocycles. The Hall–Kier alpha value is -0.460. The van der Waals surface area contributed by atoms with Crippen molar-refractivity contribution in [1.29, 1.82) is 0 Å². The summed E-state index contributed by atoms with van der Waals surface area (Å²) >= 11 is 9.56. The lowest BCUT2D eigenvalue weighted by molar-refractivity contribution is 0.0993. The van der Waals surface area contributed by atoms with Crippen LogP contribution in [0.25, 0.3) is 0 Å². The third kappa shape index (κ3) is 3.26. The summed E-state index contributed by atoms with van der Waals surface area (Å²) in [5.74, 6) is -0.394. The van der Waals surface area contributed by atoms with Gasteiger partial charge in [0.1, 0.15) is 5.82 Å². The van der Waals surface area contributed by atoms with E-state index in [1.807, 2.05) is 11.4 Å². The standard InChI is InChI=1S/C12H7ClFIOS/c13-10-5-9(14)2-1-7(10)3-11(16)8-4-12(15)17-6-8/h1-2,4-6H,3H2. The van der Waals surface area contributed by atoms with Crippen LogP contribution in [0.2, 0.25) is 5.02 Å². The average Bonchev–Trinajstić information content (AvgIpc) is 2.69. The molecule has 0 aliphatic carbocycles. The second kappa shape index (κ2) is 5.46. The third-order valence-electron chi connectivity index (χ3n) is 2.26. The van der Waals surface area contributed by atoms with Crippen LogP contribution in [-0.2, 0) is 6.42 Å². The monoisotopic (exact) mass is 380 g/mol. The molecule has 0 saturated carbocycles. The number of carbonyl (C=O) groups excluding carboxylic acids is 1. The van der Waals surface area contributed by atoms with Gasteiger partial charge in [0.2, 0.25) is 0 Å². The molecule has 5 heteroatoms. The molecule has 17 heavy (non-hydrogen) atoms. The predicted octanol–water partition coefficient (Wildman–Crippen LogP) is 4.57. The van der Waals surface area contributed by atoms with Crippen LogP contribution in [-0.4, -0.2) is 5.78 Å². The largest absolute Gasteiger partial charge is 0.294 e. The van der Waals surface area contributed by atoms with Gasteiger partial charge < -0.3 is 0 Å². The summed E-state index contributed by atoms with van der Waals surface area (Å²) in [5.41, 5.74) is 1.33. The quantitative estimate of drug-likeness (QED) is 0.563. The van der Waals surface area contributed by atoms with Crippen molar-refractivity contribution in [1.82, 2.24) is 0 Å². The molecule has 1 heterocycles. The van der Waals surface area contributed by atoms with Crippen molar-refractivity contribution in [2.24, 2.45) is 0 Å². The smallest absolute Gasteiger partial charge is 0.168 e. The Morgan fingerprint density at radius 3 is 2.76 bits per heavy atom. The first-order valence-electron chi connectivity index (χ1n) is 4.77. The van der Waals surface area contributed by atoms with Crippen LogP contribution >= 0.6 is 45.5 Å². The molecule has 0 aliphatic rings. The van der Waals surface area contributed by atoms with E-state index in [0.29, 0.717) is 16.1 Å². The third-order valence-corrected chi connectivity index (χ3v) is 4.40. The predicted molar refractivity (Wildman–Crippen MR) is 76.5 cm³/mol. The van der Waals surface area contributed by atoms with Gasteiger partial charge in [0.05, 0.1) is 2.88 Å². The van der Waals surface area contributed by atoms with Crippen molar-refractivity contribution in [3.8, 4) is 0 Å². The van der Waals surface area contributed by atoms with Gasteiger partial charge in [0.25, 0.3) is 0 Å². The fourth-order valence-corrected chi connectivity index (χ4v) is 2.98. The molecular formula is C12H7ClFIOS. The van der Waals surface area contributed by atoms with Crippen molar-refractivity contribution >= 4 is 51.3 Å². The average molecular weight is 381 g/mol. The van der Waals surface area contributed by atoms with Crippen LogP contribution in [0.15, 0.2) is 29.6 Å². The Labute approximate surface area is 121 Å². The minimum atomic E-state index is -0.392. The normalized spacial score (nSPS) is 10.5. The second-order valence-corrected chi connectivity index (χ2v) is 6.69. The Bertz CT molecular complexity index is 567. The minimum absolute atomic E-state index is 0.00215. The molecule has 0 spiro atoms. The van der Waals surface area contributed by atoms with Crippen LogP contribution in [0.5, 0.6) is 0 Å². The number of hydrogen-bond acceptors (Lipinski definition) is 2. The molecule has 2 rings (SSSR count). The van der Waals surface area contributed by atoms with E-state index in [0.717, 1.165) is 2.88 Å². The fourth-order valence-electron chi connectivity index (χ4n) is 1.40. The lowest BCUT2D eigenvalue weighted by Gasteiger charge is -2.02. The Kier molecular flexibility index (Phi) is 4.17. The molecule has 2 aromatic rings. The molecule has 0 N–H and O–H groups in total. The van der Waals surface area contributed by atoms with Crippen molar-refractivity contribution in [2.45, 2.75) is 6.42 Å². The molecule has 88 valence electrons. The highest BCUT2D eigenvalue weighted by atomic mass is 127. The second-order valence-electron chi connectivity index (χ2n) is 3.48. The van der Waals surface area contributed by atoms with Crippen molar-refractivity contribution in [3.05, 3.63) is 54.5 Å². The number of halogens is 3. The SMILES string of the molecule is O=C(Cc1ccc(F)cc1Cl)c1csc(I)c1. The van der Waals surface area contributed by atoms with Gasteiger partial charge in [-0.25, -0.2) is 4.39 Å². The summed E-state index contributed by atoms with van der Waals surface area (Å²) in [5, 5.41) is 2.12. The van der Waals surface area contributed by atoms with Gasteiger partial charge in [-0.2, -0.15) is 0 Å². The summed E-state index contributed by atoms with van der Waals surface area (Å²) in [6.45, 7) is 0. The van der Waals surface area contributed by atoms with E-state index in [9.17, 15) is 9.18 Å². The van der Waals surface area contributed by atoms with Gasteiger partial charge in [-0.1, -0.05) is 17.7 Å². The summed E-state index contributed by atoms with van der Waals surface area (Å²) in [7, 11) is 0. The van der Waals surface area contributed by atoms with E-state index >= 15 is 0 Å². The van der Waals surface area contributed by atoms with Gasteiger partial charge in [-0.3, -0.25) is 4.79 Å². The lowest BCUT2D eigenvalue weighted by atomic mass is 10.1. The van der Waals surface area contributed by atoms with Crippen LogP contribution < -0.4 is 0 Å². The van der Waals surface area contributed by atoms with E-state index < -0.39 is 5.82 Å². The maximum atomic E-state index is 12.8. The number of rotatable bonds is 3. The molecule has 0 radical (unpaired) electrons. The molecule has 0 fully saturated rings. The molecule has 0 aliphatic heterocycles. The van der Waals surface area contributed by atoms with Crippen molar-refractivity contribution in [2.75, 3.05) is 0 Å². The first-order chi connectivity index (χ1) is 8.06. The van der Waals surface area contributed by atoms with E-state index in [1.165, 1.54) is 23.5 Å². The molecule has 0 bridgehead atoms. The van der Waals surface area contributed by atoms with Gasteiger partial charge in [0, 0.05) is 22.4 Å². The zero-order chi connectivity index (χ0) is 12.4. The molecule has 0 unspecified atom stereocenters. The molecule has 1 nitrogen and oxygen atoms in total. The van der Waals surface area contributed by atoms with Gasteiger partial charge >= 0.3 is 0 Å². The molecule has 0 saturated heterocycles. The number of thiophene rings is 1. The fraction of sp³-hybridized carbons (Fsp3) is 0.0833. The van der Waals surface area contributed by atoms with E-state index in [-0.39, 0.29) is 12.2 Å². The Morgan fingerprint density at radius 1 is 1.41 bits per heavy atom. The molecule has 1 aromatic carbocycles. The van der Waals surface area contributed by atoms with Crippen molar-refractivity contribution < 1.29 is 9.18 Å². The highest BCUT2D eigenvalue weighted by Gasteiger charge is 2.11. The number of carbonyl (C=O) groups is 1. The summed E-state index contributed by atoms with van der Waals surface area (Å²) < 4.78 is 13.9. The van der Waals surface area contributed by atoms with Gasteiger partial charge in [-0.15, -0.1) is 11.3 Å². The minimum Gasteiger partial charge on any atom is -0.294 e. The van der Waals surface area contributed by atoms with E-state index in [4.69, 9.17) is 11.6 Å². The van der Waals surface area contributed by atoms with Gasteiger partial charge in [0.15, 0.2) is 5.78 Å². The zero-order valence-corrected chi connectivity index (χ0v) is 12.3. The Balaban J connectivity index is 2.18. The van der Waals surface area contributed by atoms with Crippen LogP contribution in [0.4, 0.5) is 4.39 Å². The van der Waals surface area contributed by atoms with E-state index in [1.54, 1.807) is 6.07 Å². The first-order valence-corrected chi connectivity index (χ1v) is 7.11. The molecule has 0 atom stereocenters.